The van der Waals surface area contributed by atoms with Crippen LogP contribution in [-0.4, -0.2) is 32.3 Å². The van der Waals surface area contributed by atoms with E-state index in [1.54, 1.807) is 11.8 Å². The molecule has 0 saturated carbocycles. The number of hydrogen-bond donors (Lipinski definition) is 1. The van der Waals surface area contributed by atoms with Crippen LogP contribution < -0.4 is 0 Å². The van der Waals surface area contributed by atoms with Gasteiger partial charge >= 0.3 is 0 Å². The van der Waals surface area contributed by atoms with Crippen LogP contribution in [0.3, 0.4) is 0 Å². The molecule has 0 aliphatic heterocycles. The lowest BCUT2D eigenvalue weighted by molar-refractivity contribution is 0.0842. The molecule has 0 aliphatic carbocycles. The third-order valence-electron chi connectivity index (χ3n) is 3.78. The van der Waals surface area contributed by atoms with E-state index in [1.807, 2.05) is 60.8 Å². The maximum absolute atomic E-state index is 5.77. The molecule has 25 heavy (non-hydrogen) atoms. The topological polar surface area (TPSA) is 67.5 Å². The van der Waals surface area contributed by atoms with E-state index in [4.69, 9.17) is 4.42 Å². The number of H-pyrrole nitrogens is 1. The maximum Gasteiger partial charge on any atom is 0.254 e. The summed E-state index contributed by atoms with van der Waals surface area (Å²) in [6.45, 7) is 0.777. The van der Waals surface area contributed by atoms with Crippen molar-refractivity contribution in [2.75, 3.05) is 12.4 Å². The third kappa shape index (κ3) is 3.85. The van der Waals surface area contributed by atoms with E-state index in [0.717, 1.165) is 29.2 Å². The lowest BCUT2D eigenvalue weighted by Crippen LogP contribution is -1.96. The first kappa shape index (κ1) is 15.8. The summed E-state index contributed by atoms with van der Waals surface area (Å²) in [6.07, 6.45) is 1.92. The second-order valence-electron chi connectivity index (χ2n) is 5.55. The van der Waals surface area contributed by atoms with E-state index < -0.39 is 0 Å². The number of thioether (sulfide) groups is 1. The van der Waals surface area contributed by atoms with Crippen LogP contribution in [0.15, 0.2) is 65.2 Å². The molecule has 0 atom stereocenters. The summed E-state index contributed by atoms with van der Waals surface area (Å²) < 4.78 is 10.3. The average molecular weight is 352 g/mol. The van der Waals surface area contributed by atoms with Gasteiger partial charge in [-0.05, 0) is 23.6 Å². The number of ether oxygens (including phenoxy) is 1. The molecule has 2 N–H and O–H groups in total. The Morgan fingerprint density at radius 1 is 1.04 bits per heavy atom. The fourth-order valence-corrected chi connectivity index (χ4v) is 3.20. The van der Waals surface area contributed by atoms with E-state index in [1.165, 1.54) is 5.39 Å². The number of para-hydroxylation sites is 1. The van der Waals surface area contributed by atoms with Crippen LogP contribution in [0, 0.1) is 0 Å². The molecule has 0 bridgehead atoms. The van der Waals surface area contributed by atoms with Crippen LogP contribution in [0.5, 0.6) is 5.75 Å². The van der Waals surface area contributed by atoms with Gasteiger partial charge in [0.1, 0.15) is 0 Å². The highest BCUT2D eigenvalue weighted by Gasteiger charge is 2.10. The first-order valence-electron chi connectivity index (χ1n) is 8.09. The minimum absolute atomic E-state index is 0.557. The molecule has 4 rings (SSSR count). The van der Waals surface area contributed by atoms with E-state index in [0.29, 0.717) is 17.5 Å². The first-order valence-corrected chi connectivity index (χ1v) is 9.24. The zero-order valence-corrected chi connectivity index (χ0v) is 14.4. The van der Waals surface area contributed by atoms with Crippen molar-refractivity contribution in [1.29, 1.82) is 0 Å². The van der Waals surface area contributed by atoms with Gasteiger partial charge in [-0.15, -0.1) is 22.0 Å². The average Bonchev–Trinajstić information content (AvgIpc) is 3.31. The summed E-state index contributed by atoms with van der Waals surface area (Å²) >= 11 is 1.74. The zero-order chi connectivity index (χ0) is 16.9. The number of aliphatic hydroxyl groups is 1. The lowest BCUT2D eigenvalue weighted by atomic mass is 10.2. The summed E-state index contributed by atoms with van der Waals surface area (Å²) in [7, 11) is 0. The van der Waals surface area contributed by atoms with Crippen molar-refractivity contribution in [3.8, 4) is 17.2 Å². The SMILES string of the molecule is c1ccc([OH+]CCSCc2nnc(-c3ccc4cc[nH]c4c3)o2)cc1. The molecule has 2 heterocycles. The van der Waals surface area contributed by atoms with Crippen molar-refractivity contribution < 1.29 is 9.15 Å². The fraction of sp³-hybridized carbons (Fsp3) is 0.158. The van der Waals surface area contributed by atoms with Gasteiger partial charge in [0.2, 0.25) is 11.8 Å². The van der Waals surface area contributed by atoms with E-state index in [9.17, 15) is 0 Å². The molecule has 0 amide bonds. The van der Waals surface area contributed by atoms with E-state index >= 15 is 0 Å². The van der Waals surface area contributed by atoms with Crippen LogP contribution in [0.1, 0.15) is 5.89 Å². The number of aromatic hydroxyl groups is 1. The second kappa shape index (κ2) is 7.44. The normalized spacial score (nSPS) is 11.0. The van der Waals surface area contributed by atoms with Crippen molar-refractivity contribution in [3.05, 3.63) is 66.7 Å². The predicted octanol–water partition coefficient (Wildman–Crippen LogP) is 4.39. The van der Waals surface area contributed by atoms with E-state index in [2.05, 4.69) is 19.9 Å². The minimum atomic E-state index is 0.557. The molecule has 2 aromatic carbocycles. The Bertz CT molecular complexity index is 949. The van der Waals surface area contributed by atoms with Crippen molar-refractivity contribution >= 4 is 22.7 Å². The molecule has 4 aromatic rings. The van der Waals surface area contributed by atoms with Crippen LogP contribution in [0.4, 0.5) is 0 Å². The van der Waals surface area contributed by atoms with Gasteiger partial charge in [-0.25, -0.2) is 0 Å². The summed E-state index contributed by atoms with van der Waals surface area (Å²) in [5, 5.41) is 9.46. The van der Waals surface area contributed by atoms with E-state index in [-0.39, 0.29) is 0 Å². The quantitative estimate of drug-likeness (QED) is 0.396. The van der Waals surface area contributed by atoms with Gasteiger partial charge in [-0.1, -0.05) is 24.3 Å². The number of nitrogens with one attached hydrogen (secondary N) is 1. The van der Waals surface area contributed by atoms with Crippen LogP contribution >= 0.6 is 11.8 Å². The molecule has 6 heteroatoms. The molecule has 126 valence electrons. The van der Waals surface area contributed by atoms with Crippen molar-refractivity contribution in [3.63, 3.8) is 0 Å². The molecule has 0 aliphatic rings. The van der Waals surface area contributed by atoms with Gasteiger partial charge in [0, 0.05) is 29.4 Å². The number of aromatic amines is 1. The first-order chi connectivity index (χ1) is 12.4. The van der Waals surface area contributed by atoms with Crippen LogP contribution in [0.25, 0.3) is 22.4 Å². The predicted molar refractivity (Wildman–Crippen MR) is 101 cm³/mol. The smallest absolute Gasteiger partial charge is 0.254 e. The largest absolute Gasteiger partial charge is 0.582 e. The highest BCUT2D eigenvalue weighted by molar-refractivity contribution is 7.98. The summed E-state index contributed by atoms with van der Waals surface area (Å²) in [4.78, 5) is 3.19. The van der Waals surface area contributed by atoms with Gasteiger partial charge in [0.25, 0.3) is 5.75 Å². The number of rotatable bonds is 7. The number of fused-ring (bicyclic) bond motifs is 1. The standard InChI is InChI=1S/C19H17N3O2S/c1-2-4-16(5-3-1)23-10-11-25-13-18-21-22-19(24-18)15-7-6-14-8-9-20-17(14)12-15/h1-9,12,20H,10-11,13H2/p+1. The van der Waals surface area contributed by atoms with Crippen LogP contribution in [0.2, 0.25) is 0 Å². The van der Waals surface area contributed by atoms with Gasteiger partial charge in [0.15, 0.2) is 6.61 Å². The molecule has 0 saturated heterocycles. The molecule has 0 spiro atoms. The highest BCUT2D eigenvalue weighted by atomic mass is 32.2. The second-order valence-corrected chi connectivity index (χ2v) is 6.66. The van der Waals surface area contributed by atoms with Crippen molar-refractivity contribution in [2.24, 2.45) is 0 Å². The molecule has 0 unspecified atom stereocenters. The third-order valence-corrected chi connectivity index (χ3v) is 4.70. The number of nitrogens with zero attached hydrogens (tertiary/aromatic N) is 2. The Balaban J connectivity index is 1.29. The van der Waals surface area contributed by atoms with Crippen LogP contribution in [-0.2, 0) is 5.75 Å². The van der Waals surface area contributed by atoms with Gasteiger partial charge in [-0.2, -0.15) is 0 Å². The molecule has 5 nitrogen and oxygen atoms in total. The molecule has 2 aromatic heterocycles. The Morgan fingerprint density at radius 3 is 2.88 bits per heavy atom. The van der Waals surface area contributed by atoms with Gasteiger partial charge in [0.05, 0.1) is 11.5 Å². The Hall–Kier alpha value is -2.73. The fourth-order valence-electron chi connectivity index (χ4n) is 2.54. The summed E-state index contributed by atoms with van der Waals surface area (Å²) in [6, 6.07) is 18.1. The summed E-state index contributed by atoms with van der Waals surface area (Å²) in [5.74, 6) is 3.83. The van der Waals surface area contributed by atoms with Gasteiger partial charge in [-0.3, -0.25) is 0 Å². The monoisotopic (exact) mass is 352 g/mol. The van der Waals surface area contributed by atoms with Crippen molar-refractivity contribution in [2.45, 2.75) is 5.75 Å². The van der Waals surface area contributed by atoms with Gasteiger partial charge < -0.3 is 14.1 Å². The number of benzene rings is 2. The zero-order valence-electron chi connectivity index (χ0n) is 13.6. The molecular formula is C19H18N3O2S+. The molecular weight excluding hydrogens is 334 g/mol. The maximum atomic E-state index is 5.77. The Kier molecular flexibility index (Phi) is 4.70. The minimum Gasteiger partial charge on any atom is -0.582 e. The molecule has 0 radical (unpaired) electrons. The number of aromatic nitrogens is 3. The number of hydrogen-bond acceptors (Lipinski definition) is 4. The Labute approximate surface area is 149 Å². The van der Waals surface area contributed by atoms with Crippen molar-refractivity contribution in [1.82, 2.24) is 15.2 Å². The lowest BCUT2D eigenvalue weighted by Gasteiger charge is -2.02. The summed E-state index contributed by atoms with van der Waals surface area (Å²) in [5.41, 5.74) is 1.99. The molecule has 0 fully saturated rings. The highest BCUT2D eigenvalue weighted by Crippen LogP contribution is 2.24. The Morgan fingerprint density at radius 2 is 1.96 bits per heavy atom.